The summed E-state index contributed by atoms with van der Waals surface area (Å²) in [5.74, 6) is 0.0475. The zero-order valence-electron chi connectivity index (χ0n) is 13.6. The highest BCUT2D eigenvalue weighted by molar-refractivity contribution is 5.89. The van der Waals surface area contributed by atoms with Gasteiger partial charge in [-0.2, -0.15) is 0 Å². The molecule has 0 saturated carbocycles. The molecule has 1 N–H and O–H groups in total. The number of amides is 2. The Labute approximate surface area is 127 Å². The Morgan fingerprint density at radius 1 is 1.14 bits per heavy atom. The van der Waals surface area contributed by atoms with Crippen molar-refractivity contribution in [1.29, 1.82) is 0 Å². The predicted molar refractivity (Wildman–Crippen MR) is 85.1 cm³/mol. The van der Waals surface area contributed by atoms with Gasteiger partial charge >= 0.3 is 6.03 Å². The van der Waals surface area contributed by atoms with E-state index in [2.05, 4.69) is 26.1 Å². The zero-order valence-corrected chi connectivity index (χ0v) is 13.6. The van der Waals surface area contributed by atoms with E-state index in [-0.39, 0.29) is 17.2 Å². The average Bonchev–Trinajstić information content (AvgIpc) is 2.42. The van der Waals surface area contributed by atoms with Gasteiger partial charge in [0.05, 0.1) is 0 Å². The number of carbonyl (C=O) groups excluding carboxylic acids is 2. The molecule has 0 heterocycles. The number of ketones is 1. The molecule has 0 aliphatic heterocycles. The molecule has 0 saturated heterocycles. The molecular weight excluding hydrogens is 264 g/mol. The molecule has 1 rings (SSSR count). The van der Waals surface area contributed by atoms with Crippen LogP contribution in [-0.4, -0.2) is 30.8 Å². The lowest BCUT2D eigenvalue weighted by Crippen LogP contribution is -2.40. The maximum Gasteiger partial charge on any atom is 0.317 e. The number of Topliss-reactive ketones (excluding diaryl/α,β-unsaturated/α-hetero) is 1. The van der Waals surface area contributed by atoms with Crippen LogP contribution in [0.2, 0.25) is 0 Å². The SMILES string of the molecule is CN(C)C(=O)N[C@@H](C(=O)CCC(C)(C)C)c1ccccc1. The van der Waals surface area contributed by atoms with Crippen LogP contribution in [0.5, 0.6) is 0 Å². The van der Waals surface area contributed by atoms with Gasteiger partial charge in [-0.05, 0) is 17.4 Å². The zero-order chi connectivity index (χ0) is 16.0. The molecular formula is C17H26N2O2. The fourth-order valence-electron chi connectivity index (χ4n) is 1.89. The molecule has 4 nitrogen and oxygen atoms in total. The van der Waals surface area contributed by atoms with Crippen molar-refractivity contribution in [2.75, 3.05) is 14.1 Å². The van der Waals surface area contributed by atoms with Crippen LogP contribution >= 0.6 is 0 Å². The first-order valence-electron chi connectivity index (χ1n) is 7.26. The van der Waals surface area contributed by atoms with E-state index in [1.165, 1.54) is 4.90 Å². The summed E-state index contributed by atoms with van der Waals surface area (Å²) in [4.78, 5) is 25.8. The molecule has 0 fully saturated rings. The summed E-state index contributed by atoms with van der Waals surface area (Å²) in [5.41, 5.74) is 0.925. The van der Waals surface area contributed by atoms with Crippen molar-refractivity contribution in [1.82, 2.24) is 10.2 Å². The topological polar surface area (TPSA) is 49.4 Å². The van der Waals surface area contributed by atoms with E-state index in [1.807, 2.05) is 30.3 Å². The Kier molecular flexibility index (Phi) is 5.94. The highest BCUT2D eigenvalue weighted by Gasteiger charge is 2.24. The number of hydrogen-bond donors (Lipinski definition) is 1. The van der Waals surface area contributed by atoms with Gasteiger partial charge in [-0.25, -0.2) is 4.79 Å². The number of urea groups is 1. The lowest BCUT2D eigenvalue weighted by molar-refractivity contribution is -0.121. The van der Waals surface area contributed by atoms with Crippen molar-refractivity contribution in [3.63, 3.8) is 0 Å². The van der Waals surface area contributed by atoms with E-state index < -0.39 is 6.04 Å². The first-order chi connectivity index (χ1) is 9.70. The number of benzene rings is 1. The summed E-state index contributed by atoms with van der Waals surface area (Å²) < 4.78 is 0. The van der Waals surface area contributed by atoms with Crippen molar-refractivity contribution in [3.8, 4) is 0 Å². The molecule has 0 aliphatic rings. The summed E-state index contributed by atoms with van der Waals surface area (Å²) >= 11 is 0. The second-order valence-corrected chi connectivity index (χ2v) is 6.71. The summed E-state index contributed by atoms with van der Waals surface area (Å²) in [6.07, 6.45) is 1.25. The number of rotatable bonds is 5. The number of hydrogen-bond acceptors (Lipinski definition) is 2. The van der Waals surface area contributed by atoms with Crippen LogP contribution in [0.4, 0.5) is 4.79 Å². The smallest absolute Gasteiger partial charge is 0.317 e. The van der Waals surface area contributed by atoms with Gasteiger partial charge in [0, 0.05) is 20.5 Å². The van der Waals surface area contributed by atoms with E-state index in [4.69, 9.17) is 0 Å². The fraction of sp³-hybridized carbons (Fsp3) is 0.529. The third kappa shape index (κ3) is 5.98. The summed E-state index contributed by atoms with van der Waals surface area (Å²) in [5, 5.41) is 2.81. The van der Waals surface area contributed by atoms with Crippen molar-refractivity contribution < 1.29 is 9.59 Å². The average molecular weight is 290 g/mol. The van der Waals surface area contributed by atoms with E-state index >= 15 is 0 Å². The lowest BCUT2D eigenvalue weighted by Gasteiger charge is -2.23. The van der Waals surface area contributed by atoms with Gasteiger partial charge in [-0.3, -0.25) is 4.79 Å². The molecule has 1 aromatic carbocycles. The minimum absolute atomic E-state index is 0.0475. The molecule has 4 heteroatoms. The largest absolute Gasteiger partial charge is 0.331 e. The molecule has 0 unspecified atom stereocenters. The Morgan fingerprint density at radius 2 is 1.71 bits per heavy atom. The third-order valence-corrected chi connectivity index (χ3v) is 3.25. The lowest BCUT2D eigenvalue weighted by atomic mass is 9.87. The van der Waals surface area contributed by atoms with Crippen LogP contribution in [0.3, 0.4) is 0 Å². The second kappa shape index (κ2) is 7.25. The molecule has 1 atom stereocenters. The standard InChI is InChI=1S/C17H26N2O2/c1-17(2,3)12-11-14(20)15(18-16(21)19(4)5)13-9-7-6-8-10-13/h6-10,15H,11-12H2,1-5H3,(H,18,21)/t15-/m1/s1. The second-order valence-electron chi connectivity index (χ2n) is 6.71. The van der Waals surface area contributed by atoms with Crippen LogP contribution in [0.1, 0.15) is 45.2 Å². The normalized spacial score (nSPS) is 12.6. The Morgan fingerprint density at radius 3 is 2.19 bits per heavy atom. The van der Waals surface area contributed by atoms with Crippen LogP contribution < -0.4 is 5.32 Å². The van der Waals surface area contributed by atoms with Gasteiger partial charge in [0.25, 0.3) is 0 Å². The van der Waals surface area contributed by atoms with E-state index in [1.54, 1.807) is 14.1 Å². The number of nitrogens with one attached hydrogen (secondary N) is 1. The van der Waals surface area contributed by atoms with Gasteiger partial charge in [-0.1, -0.05) is 51.1 Å². The van der Waals surface area contributed by atoms with Gasteiger partial charge in [0.2, 0.25) is 0 Å². The molecule has 1 aromatic rings. The maximum atomic E-state index is 12.5. The fourth-order valence-corrected chi connectivity index (χ4v) is 1.89. The van der Waals surface area contributed by atoms with E-state index in [0.717, 1.165) is 12.0 Å². The van der Waals surface area contributed by atoms with Gasteiger partial charge in [0.15, 0.2) is 5.78 Å². The molecule has 0 aliphatic carbocycles. The predicted octanol–water partition coefficient (Wildman–Crippen LogP) is 3.39. The first kappa shape index (κ1) is 17.2. The monoisotopic (exact) mass is 290 g/mol. The molecule has 0 bridgehead atoms. The third-order valence-electron chi connectivity index (χ3n) is 3.25. The van der Waals surface area contributed by atoms with Crippen molar-refractivity contribution in [2.45, 2.75) is 39.7 Å². The Bertz CT molecular complexity index is 475. The summed E-state index contributed by atoms with van der Waals surface area (Å²) in [7, 11) is 3.33. The van der Waals surface area contributed by atoms with Crippen LogP contribution in [0.15, 0.2) is 30.3 Å². The Balaban J connectivity index is 2.87. The molecule has 0 radical (unpaired) electrons. The highest BCUT2D eigenvalue weighted by Crippen LogP contribution is 2.24. The Hall–Kier alpha value is -1.84. The van der Waals surface area contributed by atoms with Crippen LogP contribution in [-0.2, 0) is 4.79 Å². The minimum Gasteiger partial charge on any atom is -0.331 e. The van der Waals surface area contributed by atoms with Crippen LogP contribution in [0, 0.1) is 5.41 Å². The van der Waals surface area contributed by atoms with E-state index in [0.29, 0.717) is 6.42 Å². The molecule has 21 heavy (non-hydrogen) atoms. The molecule has 2 amide bonds. The van der Waals surface area contributed by atoms with Crippen molar-refractivity contribution in [3.05, 3.63) is 35.9 Å². The highest BCUT2D eigenvalue weighted by atomic mass is 16.2. The van der Waals surface area contributed by atoms with Gasteiger partial charge in [0.1, 0.15) is 6.04 Å². The quantitative estimate of drug-likeness (QED) is 0.903. The summed E-state index contributed by atoms with van der Waals surface area (Å²) in [6, 6.07) is 8.55. The van der Waals surface area contributed by atoms with Gasteiger partial charge in [-0.15, -0.1) is 0 Å². The van der Waals surface area contributed by atoms with Crippen molar-refractivity contribution in [2.24, 2.45) is 5.41 Å². The van der Waals surface area contributed by atoms with Gasteiger partial charge < -0.3 is 10.2 Å². The van der Waals surface area contributed by atoms with Crippen LogP contribution in [0.25, 0.3) is 0 Å². The maximum absolute atomic E-state index is 12.5. The van der Waals surface area contributed by atoms with Crippen molar-refractivity contribution >= 4 is 11.8 Å². The summed E-state index contributed by atoms with van der Waals surface area (Å²) in [6.45, 7) is 6.32. The molecule has 116 valence electrons. The first-order valence-corrected chi connectivity index (χ1v) is 7.26. The number of nitrogens with zero attached hydrogens (tertiary/aromatic N) is 1. The number of carbonyl (C=O) groups is 2. The molecule has 0 aromatic heterocycles. The molecule has 0 spiro atoms. The minimum atomic E-state index is -0.580. The van der Waals surface area contributed by atoms with E-state index in [9.17, 15) is 9.59 Å².